The van der Waals surface area contributed by atoms with Gasteiger partial charge >= 0.3 is 11.9 Å². The fourth-order valence-electron chi connectivity index (χ4n) is 3.37. The van der Waals surface area contributed by atoms with E-state index in [1.807, 2.05) is 23.6 Å². The molecule has 0 bridgehead atoms. The van der Waals surface area contributed by atoms with Crippen molar-refractivity contribution in [2.24, 2.45) is 10.9 Å². The van der Waals surface area contributed by atoms with Gasteiger partial charge in [-0.15, -0.1) is 11.3 Å². The van der Waals surface area contributed by atoms with Gasteiger partial charge in [-0.2, -0.15) is 5.10 Å². The lowest BCUT2D eigenvalue weighted by molar-refractivity contribution is -0.139. The maximum Gasteiger partial charge on any atom is 0.349 e. The molecule has 4 amide bonds. The summed E-state index contributed by atoms with van der Waals surface area (Å²) in [6.07, 6.45) is 0. The van der Waals surface area contributed by atoms with Crippen LogP contribution in [-0.4, -0.2) is 34.3 Å². The van der Waals surface area contributed by atoms with Gasteiger partial charge in [-0.1, -0.05) is 24.3 Å². The van der Waals surface area contributed by atoms with Crippen molar-refractivity contribution in [3.05, 3.63) is 58.6 Å². The molecule has 0 spiro atoms. The van der Waals surface area contributed by atoms with Gasteiger partial charge in [-0.05, 0) is 43.2 Å². The van der Waals surface area contributed by atoms with E-state index in [1.165, 1.54) is 11.3 Å². The van der Waals surface area contributed by atoms with Gasteiger partial charge in [0, 0.05) is 0 Å². The number of hydrogen-bond donors (Lipinski definition) is 3. The predicted molar refractivity (Wildman–Crippen MR) is 119 cm³/mol. The number of hydrogen-bond acceptors (Lipinski definition) is 8. The Morgan fingerprint density at radius 3 is 2.59 bits per heavy atom. The van der Waals surface area contributed by atoms with E-state index in [-0.39, 0.29) is 16.4 Å². The minimum Gasteiger partial charge on any atom is -0.287 e. The molecule has 0 saturated carbocycles. The SMILES string of the molecule is Cc1ccc(C)c(N2C(=O)C(=O)[C@H](c3nc4ccccc4s3)/C(=N\NC(=O)NN)C2=O)c1. The number of fused-ring (bicyclic) bond motifs is 1. The van der Waals surface area contributed by atoms with Crippen LogP contribution in [0.25, 0.3) is 10.2 Å². The summed E-state index contributed by atoms with van der Waals surface area (Å²) in [4.78, 5) is 56.6. The van der Waals surface area contributed by atoms with Crippen molar-refractivity contribution in [2.75, 3.05) is 4.90 Å². The first-order chi connectivity index (χ1) is 15.3. The first kappa shape index (κ1) is 21.3. The van der Waals surface area contributed by atoms with Crippen LogP contribution in [-0.2, 0) is 14.4 Å². The molecular weight excluding hydrogens is 432 g/mol. The van der Waals surface area contributed by atoms with Gasteiger partial charge in [0.2, 0.25) is 5.78 Å². The average Bonchev–Trinajstić information content (AvgIpc) is 3.21. The molecule has 1 aromatic heterocycles. The van der Waals surface area contributed by atoms with E-state index >= 15 is 0 Å². The fourth-order valence-corrected chi connectivity index (χ4v) is 4.44. The molecule has 1 aliphatic rings. The van der Waals surface area contributed by atoms with E-state index in [4.69, 9.17) is 5.84 Å². The second-order valence-electron chi connectivity index (χ2n) is 7.14. The quantitative estimate of drug-likeness (QED) is 0.182. The lowest BCUT2D eigenvalue weighted by Gasteiger charge is -2.30. The Labute approximate surface area is 186 Å². The Balaban J connectivity index is 1.86. The molecule has 4 N–H and O–H groups in total. The third-order valence-electron chi connectivity index (χ3n) is 4.94. The summed E-state index contributed by atoms with van der Waals surface area (Å²) < 4.78 is 0.777. The highest BCUT2D eigenvalue weighted by Gasteiger charge is 2.48. The van der Waals surface area contributed by atoms with E-state index in [0.29, 0.717) is 11.1 Å². The number of hydrazone groups is 1. The largest absolute Gasteiger partial charge is 0.349 e. The normalized spacial score (nSPS) is 17.8. The summed E-state index contributed by atoms with van der Waals surface area (Å²) in [5.74, 6) is 1.01. The molecule has 32 heavy (non-hydrogen) atoms. The Bertz CT molecular complexity index is 1280. The van der Waals surface area contributed by atoms with Crippen molar-refractivity contribution in [2.45, 2.75) is 19.8 Å². The number of hydrazine groups is 1. The lowest BCUT2D eigenvalue weighted by atomic mass is 9.91. The van der Waals surface area contributed by atoms with Crippen LogP contribution in [0.3, 0.4) is 0 Å². The number of ketones is 1. The van der Waals surface area contributed by atoms with Gasteiger partial charge < -0.3 is 0 Å². The zero-order chi connectivity index (χ0) is 23.0. The number of nitrogens with zero attached hydrogens (tertiary/aromatic N) is 3. The molecule has 10 nitrogen and oxygen atoms in total. The van der Waals surface area contributed by atoms with Crippen molar-refractivity contribution >= 4 is 56.6 Å². The van der Waals surface area contributed by atoms with Crippen molar-refractivity contribution < 1.29 is 19.2 Å². The summed E-state index contributed by atoms with van der Waals surface area (Å²) in [5, 5.41) is 4.08. The molecule has 2 aromatic carbocycles. The highest BCUT2D eigenvalue weighted by Crippen LogP contribution is 2.34. The summed E-state index contributed by atoms with van der Waals surface area (Å²) >= 11 is 1.17. The summed E-state index contributed by atoms with van der Waals surface area (Å²) in [5.41, 5.74) is 5.87. The number of imide groups is 1. The topological polar surface area (TPSA) is 147 Å². The summed E-state index contributed by atoms with van der Waals surface area (Å²) in [6.45, 7) is 3.52. The van der Waals surface area contributed by atoms with Gasteiger partial charge in [0.05, 0.1) is 15.9 Å². The van der Waals surface area contributed by atoms with Crippen LogP contribution in [0.4, 0.5) is 10.5 Å². The van der Waals surface area contributed by atoms with Crippen LogP contribution in [0, 0.1) is 13.8 Å². The van der Waals surface area contributed by atoms with Crippen molar-refractivity contribution in [3.63, 3.8) is 0 Å². The molecule has 1 saturated heterocycles. The molecule has 3 aromatic rings. The van der Waals surface area contributed by atoms with E-state index in [1.54, 1.807) is 38.1 Å². The first-order valence-corrected chi connectivity index (χ1v) is 10.3. The molecule has 1 atom stereocenters. The van der Waals surface area contributed by atoms with Crippen LogP contribution >= 0.6 is 11.3 Å². The van der Waals surface area contributed by atoms with Gasteiger partial charge in [-0.3, -0.25) is 19.8 Å². The number of carbonyl (C=O) groups is 4. The number of aryl methyl sites for hydroxylation is 2. The lowest BCUT2D eigenvalue weighted by Crippen LogP contribution is -2.55. The molecule has 0 unspecified atom stereocenters. The van der Waals surface area contributed by atoms with Crippen LogP contribution in [0.5, 0.6) is 0 Å². The van der Waals surface area contributed by atoms with Gasteiger partial charge in [0.25, 0.3) is 5.91 Å². The van der Waals surface area contributed by atoms with Crippen LogP contribution in [0.1, 0.15) is 22.1 Å². The molecular formula is C21H18N6O4S. The second-order valence-corrected chi connectivity index (χ2v) is 8.20. The number of anilines is 1. The maximum absolute atomic E-state index is 13.4. The van der Waals surface area contributed by atoms with E-state index in [0.717, 1.165) is 15.2 Å². The number of urea groups is 1. The van der Waals surface area contributed by atoms with Crippen LogP contribution in [0.15, 0.2) is 47.6 Å². The van der Waals surface area contributed by atoms with Gasteiger partial charge in [0.15, 0.2) is 0 Å². The molecule has 11 heteroatoms. The Morgan fingerprint density at radius 2 is 1.88 bits per heavy atom. The number of piperidine rings is 1. The number of para-hydroxylation sites is 1. The zero-order valence-corrected chi connectivity index (χ0v) is 17.9. The Hall–Kier alpha value is -3.96. The molecule has 0 radical (unpaired) electrons. The number of carbonyl (C=O) groups excluding carboxylic acids is 4. The highest BCUT2D eigenvalue weighted by molar-refractivity contribution is 7.19. The molecule has 1 fully saturated rings. The Kier molecular flexibility index (Phi) is 5.51. The Morgan fingerprint density at radius 1 is 1.12 bits per heavy atom. The predicted octanol–water partition coefficient (Wildman–Crippen LogP) is 1.67. The van der Waals surface area contributed by atoms with Gasteiger partial charge in [0.1, 0.15) is 16.6 Å². The number of Topliss-reactive ketones (excluding diaryl/α,β-unsaturated/α-hetero) is 1. The van der Waals surface area contributed by atoms with E-state index < -0.39 is 29.5 Å². The van der Waals surface area contributed by atoms with E-state index in [9.17, 15) is 19.2 Å². The zero-order valence-electron chi connectivity index (χ0n) is 17.1. The standard InChI is InChI=1S/C21H18N6O4S/c1-10-7-8-11(2)13(9-10)27-19(29)16(25-26-21(31)24-22)15(17(28)20(27)30)18-23-12-5-3-4-6-14(12)32-18/h3-9,15H,22H2,1-2H3,(H2,24,26,31)/b25-16+/t15-/m1/s1. The molecule has 0 aliphatic carbocycles. The number of nitrogens with one attached hydrogen (secondary N) is 2. The minimum absolute atomic E-state index is 0.229. The summed E-state index contributed by atoms with van der Waals surface area (Å²) in [7, 11) is 0. The van der Waals surface area contributed by atoms with Crippen LogP contribution in [0.2, 0.25) is 0 Å². The fraction of sp³-hybridized carbons (Fsp3) is 0.143. The molecule has 2 heterocycles. The second kappa shape index (κ2) is 8.29. The number of thiazole rings is 1. The first-order valence-electron chi connectivity index (χ1n) is 9.51. The highest BCUT2D eigenvalue weighted by atomic mass is 32.1. The van der Waals surface area contributed by atoms with Crippen molar-refractivity contribution in [3.8, 4) is 0 Å². The minimum atomic E-state index is -1.35. The number of benzene rings is 2. The van der Waals surface area contributed by atoms with Gasteiger partial charge in [-0.25, -0.2) is 25.9 Å². The van der Waals surface area contributed by atoms with Crippen molar-refractivity contribution in [1.82, 2.24) is 15.8 Å². The average molecular weight is 450 g/mol. The van der Waals surface area contributed by atoms with Crippen LogP contribution < -0.4 is 21.6 Å². The van der Waals surface area contributed by atoms with Crippen molar-refractivity contribution in [1.29, 1.82) is 0 Å². The molecule has 162 valence electrons. The van der Waals surface area contributed by atoms with E-state index in [2.05, 4.69) is 15.5 Å². The third-order valence-corrected chi connectivity index (χ3v) is 6.04. The number of nitrogens with two attached hydrogens (primary N) is 1. The number of aromatic nitrogens is 1. The monoisotopic (exact) mass is 450 g/mol. The summed E-state index contributed by atoms with van der Waals surface area (Å²) in [6, 6.07) is 11.5. The maximum atomic E-state index is 13.4. The third kappa shape index (κ3) is 3.63. The molecule has 1 aliphatic heterocycles. The molecule has 4 rings (SSSR count). The number of amides is 4. The smallest absolute Gasteiger partial charge is 0.287 e. The number of rotatable bonds is 3.